The molecular formula is C15H19Cl3O3. The summed E-state index contributed by atoms with van der Waals surface area (Å²) in [5.74, 6) is 1.04. The predicted molar refractivity (Wildman–Crippen MR) is 88.0 cm³/mol. The molecular weight excluding hydrogens is 335 g/mol. The number of hydrogen-bond acceptors (Lipinski definition) is 3. The number of unbranched alkanes of at least 4 members (excludes halogenated alkanes) is 3. The second-order valence-corrected chi connectivity index (χ2v) is 5.44. The van der Waals surface area contributed by atoms with E-state index in [9.17, 15) is 0 Å². The minimum atomic E-state index is 0.235. The molecule has 1 rings (SSSR count). The van der Waals surface area contributed by atoms with Gasteiger partial charge < -0.3 is 14.6 Å². The van der Waals surface area contributed by atoms with Crippen LogP contribution in [0, 0.1) is 0 Å². The number of hydrogen-bond donors (Lipinski definition) is 1. The molecule has 0 saturated carbocycles. The van der Waals surface area contributed by atoms with Crippen molar-refractivity contribution in [2.45, 2.75) is 25.7 Å². The van der Waals surface area contributed by atoms with E-state index in [0.717, 1.165) is 25.7 Å². The molecule has 0 aliphatic carbocycles. The molecule has 0 heterocycles. The van der Waals surface area contributed by atoms with E-state index in [1.165, 1.54) is 5.54 Å². The summed E-state index contributed by atoms with van der Waals surface area (Å²) in [7, 11) is 0. The van der Waals surface area contributed by atoms with Crippen molar-refractivity contribution in [2.75, 3.05) is 19.8 Å². The molecule has 0 aromatic heterocycles. The van der Waals surface area contributed by atoms with Crippen molar-refractivity contribution in [1.82, 2.24) is 0 Å². The molecule has 0 radical (unpaired) electrons. The molecule has 0 saturated heterocycles. The van der Waals surface area contributed by atoms with Gasteiger partial charge in [-0.05, 0) is 25.3 Å². The fourth-order valence-corrected chi connectivity index (χ4v) is 2.33. The quantitative estimate of drug-likeness (QED) is 0.598. The summed E-state index contributed by atoms with van der Waals surface area (Å²) in [5.41, 5.74) is 1.39. The maximum absolute atomic E-state index is 8.69. The topological polar surface area (TPSA) is 38.7 Å². The number of ether oxygens (including phenoxy) is 2. The van der Waals surface area contributed by atoms with Crippen molar-refractivity contribution in [3.8, 4) is 11.5 Å². The third-order valence-electron chi connectivity index (χ3n) is 2.71. The van der Waals surface area contributed by atoms with Crippen LogP contribution in [-0.4, -0.2) is 24.9 Å². The molecule has 0 fully saturated rings. The molecule has 0 spiro atoms. The first kappa shape index (κ1) is 18.4. The Morgan fingerprint density at radius 2 is 1.67 bits per heavy atom. The summed E-state index contributed by atoms with van der Waals surface area (Å²) in [6, 6.07) is 3.33. The smallest absolute Gasteiger partial charge is 0.156 e. The Morgan fingerprint density at radius 1 is 1.00 bits per heavy atom. The Labute approximate surface area is 140 Å². The van der Waals surface area contributed by atoms with Gasteiger partial charge in [-0.1, -0.05) is 41.2 Å². The standard InChI is InChI=1S/C15H19Cl3O3/c16-6-5-9-20-12-10-13(17)15(14(18)11-12)21-8-4-2-1-3-7-19/h5-6,10-11,19H,1-4,7-9H2/b6-5-. The normalized spacial score (nSPS) is 11.0. The second kappa shape index (κ2) is 11.0. The van der Waals surface area contributed by atoms with E-state index in [0.29, 0.717) is 34.8 Å². The van der Waals surface area contributed by atoms with Gasteiger partial charge in [0.1, 0.15) is 12.4 Å². The number of aliphatic hydroxyl groups is 1. The van der Waals surface area contributed by atoms with Crippen LogP contribution in [0.4, 0.5) is 0 Å². The lowest BCUT2D eigenvalue weighted by atomic mass is 10.2. The Hall–Kier alpha value is -0.610. The Bertz CT molecular complexity index is 427. The van der Waals surface area contributed by atoms with Crippen molar-refractivity contribution in [3.63, 3.8) is 0 Å². The molecule has 0 unspecified atom stereocenters. The van der Waals surface area contributed by atoms with E-state index in [1.54, 1.807) is 18.2 Å². The van der Waals surface area contributed by atoms with E-state index >= 15 is 0 Å². The Morgan fingerprint density at radius 3 is 2.29 bits per heavy atom. The van der Waals surface area contributed by atoms with Gasteiger partial charge in [-0.25, -0.2) is 0 Å². The summed E-state index contributed by atoms with van der Waals surface area (Å²) >= 11 is 17.7. The fourth-order valence-electron chi connectivity index (χ4n) is 1.68. The first-order chi connectivity index (χ1) is 10.2. The van der Waals surface area contributed by atoms with Crippen LogP contribution in [0.5, 0.6) is 11.5 Å². The van der Waals surface area contributed by atoms with Gasteiger partial charge in [0.2, 0.25) is 0 Å². The SMILES string of the molecule is OCCCCCCOc1c(Cl)cc(OC/C=C\Cl)cc1Cl. The largest absolute Gasteiger partial charge is 0.490 e. The Balaban J connectivity index is 2.47. The molecule has 118 valence electrons. The fraction of sp³-hybridized carbons (Fsp3) is 0.467. The van der Waals surface area contributed by atoms with Crippen LogP contribution in [0.1, 0.15) is 25.7 Å². The van der Waals surface area contributed by atoms with Crippen LogP contribution in [-0.2, 0) is 0 Å². The molecule has 6 heteroatoms. The van der Waals surface area contributed by atoms with Gasteiger partial charge in [-0.3, -0.25) is 0 Å². The average molecular weight is 354 g/mol. The highest BCUT2D eigenvalue weighted by molar-refractivity contribution is 6.37. The van der Waals surface area contributed by atoms with Crippen LogP contribution in [0.25, 0.3) is 0 Å². The predicted octanol–water partition coefficient (Wildman–Crippen LogP) is 5.06. The van der Waals surface area contributed by atoms with E-state index in [2.05, 4.69) is 0 Å². The minimum absolute atomic E-state index is 0.235. The van der Waals surface area contributed by atoms with Gasteiger partial charge in [0, 0.05) is 24.3 Å². The summed E-state index contributed by atoms with van der Waals surface area (Å²) in [4.78, 5) is 0. The summed E-state index contributed by atoms with van der Waals surface area (Å²) in [6.45, 7) is 1.13. The summed E-state index contributed by atoms with van der Waals surface area (Å²) < 4.78 is 11.0. The minimum Gasteiger partial charge on any atom is -0.490 e. The first-order valence-corrected chi connectivity index (χ1v) is 7.99. The molecule has 0 aliphatic heterocycles. The van der Waals surface area contributed by atoms with E-state index in [4.69, 9.17) is 49.4 Å². The lowest BCUT2D eigenvalue weighted by Crippen LogP contribution is -2.00. The maximum atomic E-state index is 8.69. The summed E-state index contributed by atoms with van der Waals surface area (Å²) in [6.07, 6.45) is 5.37. The van der Waals surface area contributed by atoms with Gasteiger partial charge in [0.25, 0.3) is 0 Å². The number of aliphatic hydroxyl groups excluding tert-OH is 1. The molecule has 0 atom stereocenters. The molecule has 0 amide bonds. The number of rotatable bonds is 10. The van der Waals surface area contributed by atoms with Crippen molar-refractivity contribution < 1.29 is 14.6 Å². The zero-order chi connectivity index (χ0) is 15.5. The van der Waals surface area contributed by atoms with E-state index in [-0.39, 0.29) is 6.61 Å². The van der Waals surface area contributed by atoms with E-state index < -0.39 is 0 Å². The highest BCUT2D eigenvalue weighted by atomic mass is 35.5. The lowest BCUT2D eigenvalue weighted by molar-refractivity contribution is 0.273. The molecule has 0 bridgehead atoms. The van der Waals surface area contributed by atoms with Crippen LogP contribution >= 0.6 is 34.8 Å². The van der Waals surface area contributed by atoms with Crippen LogP contribution in [0.3, 0.4) is 0 Å². The third kappa shape index (κ3) is 7.28. The lowest BCUT2D eigenvalue weighted by Gasteiger charge is -2.12. The monoisotopic (exact) mass is 352 g/mol. The van der Waals surface area contributed by atoms with Crippen molar-refractivity contribution in [1.29, 1.82) is 0 Å². The highest BCUT2D eigenvalue weighted by Crippen LogP contribution is 2.37. The highest BCUT2D eigenvalue weighted by Gasteiger charge is 2.10. The van der Waals surface area contributed by atoms with Crippen LogP contribution < -0.4 is 9.47 Å². The third-order valence-corrected chi connectivity index (χ3v) is 3.45. The van der Waals surface area contributed by atoms with Crippen molar-refractivity contribution in [3.05, 3.63) is 33.8 Å². The van der Waals surface area contributed by atoms with Gasteiger partial charge in [-0.15, -0.1) is 0 Å². The molecule has 1 aromatic rings. The average Bonchev–Trinajstić information content (AvgIpc) is 2.45. The molecule has 1 aromatic carbocycles. The number of benzene rings is 1. The Kier molecular flexibility index (Phi) is 9.68. The molecule has 21 heavy (non-hydrogen) atoms. The van der Waals surface area contributed by atoms with Gasteiger partial charge in [-0.2, -0.15) is 0 Å². The van der Waals surface area contributed by atoms with Gasteiger partial charge in [0.15, 0.2) is 5.75 Å². The van der Waals surface area contributed by atoms with E-state index in [1.807, 2.05) is 0 Å². The van der Waals surface area contributed by atoms with Crippen LogP contribution in [0.15, 0.2) is 23.7 Å². The van der Waals surface area contributed by atoms with Crippen molar-refractivity contribution in [2.24, 2.45) is 0 Å². The number of halogens is 3. The zero-order valence-electron chi connectivity index (χ0n) is 11.7. The summed E-state index contributed by atoms with van der Waals surface area (Å²) in [5, 5.41) is 9.53. The molecule has 3 nitrogen and oxygen atoms in total. The van der Waals surface area contributed by atoms with Gasteiger partial charge in [0.05, 0.1) is 16.7 Å². The van der Waals surface area contributed by atoms with Crippen molar-refractivity contribution >= 4 is 34.8 Å². The molecule has 1 N–H and O–H groups in total. The zero-order valence-corrected chi connectivity index (χ0v) is 13.9. The first-order valence-electron chi connectivity index (χ1n) is 6.79. The van der Waals surface area contributed by atoms with Crippen LogP contribution in [0.2, 0.25) is 10.0 Å². The molecule has 0 aliphatic rings. The van der Waals surface area contributed by atoms with Gasteiger partial charge >= 0.3 is 0 Å². The second-order valence-electron chi connectivity index (χ2n) is 4.38. The maximum Gasteiger partial charge on any atom is 0.156 e.